The molecule has 200 valence electrons. The number of anilines is 1. The Morgan fingerprint density at radius 3 is 2.28 bits per heavy atom. The molecule has 0 bridgehead atoms. The number of carbonyl (C=O) groups excluding carboxylic acids is 1. The Kier molecular flexibility index (Phi) is 8.17. The Morgan fingerprint density at radius 2 is 1.72 bits per heavy atom. The van der Waals surface area contributed by atoms with Gasteiger partial charge in [0.1, 0.15) is 11.3 Å². The van der Waals surface area contributed by atoms with Gasteiger partial charge in [0.05, 0.1) is 12.4 Å². The van der Waals surface area contributed by atoms with Gasteiger partial charge in [-0.15, -0.1) is 0 Å². The second-order valence-corrected chi connectivity index (χ2v) is 12.5. The summed E-state index contributed by atoms with van der Waals surface area (Å²) >= 11 is 0. The van der Waals surface area contributed by atoms with Crippen LogP contribution in [0.5, 0.6) is 5.75 Å². The lowest BCUT2D eigenvalue weighted by Gasteiger charge is -2.37. The van der Waals surface area contributed by atoms with Crippen molar-refractivity contribution in [1.82, 2.24) is 4.72 Å². The fourth-order valence-corrected chi connectivity index (χ4v) is 5.32. The summed E-state index contributed by atoms with van der Waals surface area (Å²) in [4.78, 5) is 13.5. The SMILES string of the molecule is CN(CCC(=O)NS(C)(=O)=O)c1ccc2c(C(F)(F)F)c(OC3CCC(C(C)(C)C)CC3)ccc2c1. The minimum atomic E-state index is -4.59. The summed E-state index contributed by atoms with van der Waals surface area (Å²) in [5.74, 6) is -0.264. The first-order valence-electron chi connectivity index (χ1n) is 12.1. The van der Waals surface area contributed by atoms with Gasteiger partial charge < -0.3 is 9.64 Å². The van der Waals surface area contributed by atoms with E-state index in [2.05, 4.69) is 20.8 Å². The van der Waals surface area contributed by atoms with Gasteiger partial charge in [0, 0.05) is 25.7 Å². The predicted octanol–water partition coefficient (Wildman–Crippen LogP) is 5.74. The van der Waals surface area contributed by atoms with Gasteiger partial charge in [-0.25, -0.2) is 8.42 Å². The lowest BCUT2D eigenvalue weighted by molar-refractivity contribution is -0.138. The molecule has 3 rings (SSSR count). The molecule has 0 unspecified atom stereocenters. The van der Waals surface area contributed by atoms with E-state index in [1.807, 2.05) is 4.72 Å². The third-order valence-corrected chi connectivity index (χ3v) is 7.45. The number of hydrogen-bond acceptors (Lipinski definition) is 5. The molecule has 0 heterocycles. The molecular weight excluding hydrogens is 493 g/mol. The summed E-state index contributed by atoms with van der Waals surface area (Å²) in [5, 5.41) is 0.450. The van der Waals surface area contributed by atoms with E-state index in [1.165, 1.54) is 12.1 Å². The van der Waals surface area contributed by atoms with Gasteiger partial charge >= 0.3 is 6.18 Å². The van der Waals surface area contributed by atoms with E-state index >= 15 is 0 Å². The molecule has 0 saturated heterocycles. The highest BCUT2D eigenvalue weighted by Gasteiger charge is 2.38. The number of nitrogens with zero attached hydrogens (tertiary/aromatic N) is 1. The third kappa shape index (κ3) is 7.27. The number of rotatable bonds is 7. The van der Waals surface area contributed by atoms with Gasteiger partial charge in [-0.2, -0.15) is 13.2 Å². The Balaban J connectivity index is 1.79. The molecule has 6 nitrogen and oxygen atoms in total. The number of benzene rings is 2. The topological polar surface area (TPSA) is 75.7 Å². The molecule has 0 aromatic heterocycles. The van der Waals surface area contributed by atoms with E-state index in [-0.39, 0.29) is 35.6 Å². The van der Waals surface area contributed by atoms with E-state index in [0.717, 1.165) is 31.9 Å². The van der Waals surface area contributed by atoms with Crippen LogP contribution in [0.4, 0.5) is 18.9 Å². The van der Waals surface area contributed by atoms with Gasteiger partial charge in [-0.3, -0.25) is 9.52 Å². The Morgan fingerprint density at radius 1 is 1.08 bits per heavy atom. The van der Waals surface area contributed by atoms with Gasteiger partial charge in [0.25, 0.3) is 0 Å². The van der Waals surface area contributed by atoms with Crippen molar-refractivity contribution in [3.05, 3.63) is 35.9 Å². The molecule has 1 N–H and O–H groups in total. The second-order valence-electron chi connectivity index (χ2n) is 10.8. The smallest absolute Gasteiger partial charge is 0.420 e. The maximum Gasteiger partial charge on any atom is 0.420 e. The van der Waals surface area contributed by atoms with E-state index < -0.39 is 27.7 Å². The van der Waals surface area contributed by atoms with Crippen LogP contribution in [-0.2, 0) is 21.0 Å². The summed E-state index contributed by atoms with van der Waals surface area (Å²) in [5.41, 5.74) is 0.00424. The minimum Gasteiger partial charge on any atom is -0.490 e. The summed E-state index contributed by atoms with van der Waals surface area (Å²) in [6.07, 6.45) is -0.700. The quantitative estimate of drug-likeness (QED) is 0.496. The zero-order valence-electron chi connectivity index (χ0n) is 21.4. The molecule has 0 aliphatic heterocycles. The molecule has 36 heavy (non-hydrogen) atoms. The van der Waals surface area contributed by atoms with E-state index in [1.54, 1.807) is 30.1 Å². The molecule has 1 aliphatic rings. The maximum absolute atomic E-state index is 14.2. The molecule has 2 aromatic rings. The summed E-state index contributed by atoms with van der Waals surface area (Å²) < 4.78 is 72.7. The second kappa shape index (κ2) is 10.5. The van der Waals surface area contributed by atoms with Crippen molar-refractivity contribution >= 4 is 32.4 Å². The molecule has 1 amide bonds. The first-order chi connectivity index (χ1) is 16.5. The van der Waals surface area contributed by atoms with Crippen molar-refractivity contribution in [3.63, 3.8) is 0 Å². The number of sulfonamides is 1. The van der Waals surface area contributed by atoms with Gasteiger partial charge in [-0.1, -0.05) is 32.9 Å². The van der Waals surface area contributed by atoms with Crippen molar-refractivity contribution < 1.29 is 31.1 Å². The highest BCUT2D eigenvalue weighted by molar-refractivity contribution is 7.89. The third-order valence-electron chi connectivity index (χ3n) is 6.86. The van der Waals surface area contributed by atoms with Crippen LogP contribution in [0.1, 0.15) is 58.4 Å². The fourth-order valence-electron chi connectivity index (χ4n) is 4.81. The molecule has 10 heteroatoms. The van der Waals surface area contributed by atoms with Gasteiger partial charge in [0.15, 0.2) is 0 Å². The Hall–Kier alpha value is -2.49. The average molecular weight is 529 g/mol. The lowest BCUT2D eigenvalue weighted by Crippen LogP contribution is -2.32. The number of ether oxygens (including phenoxy) is 1. The number of alkyl halides is 3. The number of fused-ring (bicyclic) bond motifs is 1. The average Bonchev–Trinajstić information content (AvgIpc) is 2.74. The summed E-state index contributed by atoms with van der Waals surface area (Å²) in [6.45, 7) is 6.78. The van der Waals surface area contributed by atoms with Crippen LogP contribution in [0.3, 0.4) is 0 Å². The maximum atomic E-state index is 14.2. The van der Waals surface area contributed by atoms with Crippen LogP contribution in [0, 0.1) is 11.3 Å². The van der Waals surface area contributed by atoms with Crippen LogP contribution >= 0.6 is 0 Å². The van der Waals surface area contributed by atoms with Gasteiger partial charge in [0.2, 0.25) is 15.9 Å². The molecule has 0 atom stereocenters. The van der Waals surface area contributed by atoms with Crippen molar-refractivity contribution in [2.24, 2.45) is 11.3 Å². The number of nitrogens with one attached hydrogen (secondary N) is 1. The largest absolute Gasteiger partial charge is 0.490 e. The fraction of sp³-hybridized carbons (Fsp3) is 0.577. The first kappa shape index (κ1) is 28.1. The van der Waals surface area contributed by atoms with Gasteiger partial charge in [-0.05, 0) is 66.0 Å². The molecule has 1 aliphatic carbocycles. The molecular formula is C26H35F3N2O4S. The summed E-state index contributed by atoms with van der Waals surface area (Å²) in [7, 11) is -1.96. The highest BCUT2D eigenvalue weighted by atomic mass is 32.2. The van der Waals surface area contributed by atoms with E-state index in [9.17, 15) is 26.4 Å². The Labute approximate surface area is 211 Å². The van der Waals surface area contributed by atoms with Crippen LogP contribution in [-0.4, -0.2) is 40.3 Å². The van der Waals surface area contributed by atoms with Crippen LogP contribution < -0.4 is 14.4 Å². The molecule has 1 fully saturated rings. The monoisotopic (exact) mass is 528 g/mol. The molecule has 0 spiro atoms. The van der Waals surface area contributed by atoms with Crippen LogP contribution in [0.15, 0.2) is 30.3 Å². The zero-order valence-corrected chi connectivity index (χ0v) is 22.2. The standard InChI is InChI=1S/C26H35F3N2O4S/c1-25(2,3)18-7-10-20(11-8-18)35-22-13-6-17-16-19(9-12-21(17)24(22)26(27,28)29)31(4)15-14-23(32)30-36(5,33)34/h6,9,12-13,16,18,20H,7-8,10-11,14-15H2,1-5H3,(H,30,32). The normalized spacial score (nSPS) is 19.2. The van der Waals surface area contributed by atoms with E-state index in [4.69, 9.17) is 4.74 Å². The number of hydrogen-bond donors (Lipinski definition) is 1. The van der Waals surface area contributed by atoms with Crippen molar-refractivity contribution in [2.75, 3.05) is 24.7 Å². The number of halogens is 3. The van der Waals surface area contributed by atoms with Crippen LogP contribution in [0.2, 0.25) is 0 Å². The van der Waals surface area contributed by atoms with Crippen molar-refractivity contribution in [3.8, 4) is 5.75 Å². The van der Waals surface area contributed by atoms with Crippen molar-refractivity contribution in [2.45, 2.75) is 65.2 Å². The molecule has 2 aromatic carbocycles. The number of carbonyl (C=O) groups is 1. The zero-order chi connectivity index (χ0) is 26.9. The minimum absolute atomic E-state index is 0.0512. The number of amides is 1. The first-order valence-corrected chi connectivity index (χ1v) is 14.0. The Bertz CT molecular complexity index is 1200. The lowest BCUT2D eigenvalue weighted by atomic mass is 9.72. The van der Waals surface area contributed by atoms with E-state index in [0.29, 0.717) is 17.0 Å². The molecule has 0 radical (unpaired) electrons. The predicted molar refractivity (Wildman–Crippen MR) is 136 cm³/mol. The van der Waals surface area contributed by atoms with Crippen molar-refractivity contribution in [1.29, 1.82) is 0 Å². The van der Waals surface area contributed by atoms with Crippen LogP contribution in [0.25, 0.3) is 10.8 Å². The summed E-state index contributed by atoms with van der Waals surface area (Å²) in [6, 6.07) is 7.62. The highest BCUT2D eigenvalue weighted by Crippen LogP contribution is 2.44. The molecule has 1 saturated carbocycles.